The summed E-state index contributed by atoms with van der Waals surface area (Å²) >= 11 is 0. The molecule has 0 saturated heterocycles. The number of hydrogen-bond donors (Lipinski definition) is 0. The lowest BCUT2D eigenvalue weighted by Gasteiger charge is -2.31. The first-order valence-electron chi connectivity index (χ1n) is 6.71. The van der Waals surface area contributed by atoms with Crippen molar-refractivity contribution in [2.24, 2.45) is 0 Å². The molecule has 0 fully saturated rings. The summed E-state index contributed by atoms with van der Waals surface area (Å²) in [4.78, 5) is 22.0. The van der Waals surface area contributed by atoms with E-state index in [1.54, 1.807) is 0 Å². The first-order valence-corrected chi connectivity index (χ1v) is 13.2. The first kappa shape index (κ1) is 19.1. The van der Waals surface area contributed by atoms with Crippen molar-refractivity contribution in [3.05, 3.63) is 12.7 Å². The van der Waals surface area contributed by atoms with Crippen molar-refractivity contribution in [2.45, 2.75) is 45.2 Å². The minimum Gasteiger partial charge on any atom is -0.463 e. The summed E-state index contributed by atoms with van der Waals surface area (Å²) in [6.07, 6.45) is 1.78. The Labute approximate surface area is 123 Å². The van der Waals surface area contributed by atoms with Gasteiger partial charge in [0.25, 0.3) is 0 Å². The van der Waals surface area contributed by atoms with Gasteiger partial charge in [-0.25, -0.2) is 9.59 Å². The number of carbonyl (C=O) groups is 2. The van der Waals surface area contributed by atoms with Gasteiger partial charge in [0.2, 0.25) is 0 Å². The van der Waals surface area contributed by atoms with Gasteiger partial charge in [0.05, 0.1) is 6.61 Å². The second-order valence-electron chi connectivity index (χ2n) is 6.11. The highest BCUT2D eigenvalue weighted by Gasteiger charge is 2.29. The van der Waals surface area contributed by atoms with Gasteiger partial charge >= 0.3 is 11.9 Å². The Morgan fingerprint density at radius 2 is 1.70 bits per heavy atom. The normalized spacial score (nSPS) is 11.8. The molecule has 0 spiro atoms. The van der Waals surface area contributed by atoms with Gasteiger partial charge in [-0.3, -0.25) is 0 Å². The fraction of sp³-hybridized carbons (Fsp3) is 0.692. The Kier molecular flexibility index (Phi) is 7.99. The molecular weight excluding hydrogens is 292 g/mol. The van der Waals surface area contributed by atoms with Gasteiger partial charge in [-0.1, -0.05) is 6.58 Å². The number of ether oxygens (including phenoxy) is 2. The van der Waals surface area contributed by atoms with E-state index in [0.29, 0.717) is 6.61 Å². The van der Waals surface area contributed by atoms with Crippen molar-refractivity contribution >= 4 is 28.6 Å². The third kappa shape index (κ3) is 10.9. The summed E-state index contributed by atoms with van der Waals surface area (Å²) in [5, 5.41) is 0. The molecule has 20 heavy (non-hydrogen) atoms. The van der Waals surface area contributed by atoms with Gasteiger partial charge < -0.3 is 13.6 Å². The molecule has 0 amide bonds. The van der Waals surface area contributed by atoms with Crippen LogP contribution in [0.2, 0.25) is 38.8 Å². The molecule has 0 aliphatic rings. The zero-order valence-corrected chi connectivity index (χ0v) is 15.2. The fourth-order valence-corrected chi connectivity index (χ4v) is 9.83. The quantitative estimate of drug-likeness (QED) is 0.283. The lowest BCUT2D eigenvalue weighted by Crippen LogP contribution is -2.42. The second-order valence-corrected chi connectivity index (χ2v) is 15.2. The number of carbonyl (C=O) groups excluding carboxylic acids is 2. The summed E-state index contributed by atoms with van der Waals surface area (Å²) in [6, 6.07) is 0.941. The molecule has 0 bridgehead atoms. The van der Waals surface area contributed by atoms with Gasteiger partial charge in [-0.2, -0.15) is 0 Å². The van der Waals surface area contributed by atoms with Crippen molar-refractivity contribution in [1.82, 2.24) is 0 Å². The summed E-state index contributed by atoms with van der Waals surface area (Å²) < 4.78 is 15.7. The van der Waals surface area contributed by atoms with Gasteiger partial charge in [0.1, 0.15) is 0 Å². The molecule has 0 aromatic carbocycles. The molecule has 5 nitrogen and oxygen atoms in total. The molecule has 0 rings (SSSR count). The van der Waals surface area contributed by atoms with Crippen LogP contribution in [0.25, 0.3) is 0 Å². The van der Waals surface area contributed by atoms with Crippen molar-refractivity contribution in [3.63, 3.8) is 0 Å². The Morgan fingerprint density at radius 3 is 2.20 bits per heavy atom. The highest BCUT2D eigenvalue weighted by molar-refractivity contribution is 6.84. The molecule has 0 saturated carbocycles. The molecule has 0 aromatic heterocycles. The highest BCUT2D eigenvalue weighted by Crippen LogP contribution is 2.19. The zero-order chi connectivity index (χ0) is 15.8. The Balaban J connectivity index is 3.82. The van der Waals surface area contributed by atoms with Crippen LogP contribution in [0.15, 0.2) is 12.7 Å². The van der Waals surface area contributed by atoms with E-state index in [-0.39, 0.29) is 6.61 Å². The van der Waals surface area contributed by atoms with E-state index >= 15 is 0 Å². The number of rotatable bonds is 9. The van der Waals surface area contributed by atoms with Gasteiger partial charge in [-0.15, -0.1) is 0 Å². The van der Waals surface area contributed by atoms with Crippen molar-refractivity contribution in [1.29, 1.82) is 0 Å². The van der Waals surface area contributed by atoms with Crippen LogP contribution in [-0.2, 0) is 23.2 Å². The lowest BCUT2D eigenvalue weighted by atomic mass is 10.5. The topological polar surface area (TPSA) is 61.8 Å². The predicted octanol–water partition coefficient (Wildman–Crippen LogP) is 2.71. The lowest BCUT2D eigenvalue weighted by molar-refractivity contribution is -0.156. The van der Waals surface area contributed by atoms with E-state index in [2.05, 4.69) is 44.1 Å². The molecule has 116 valence electrons. The maximum absolute atomic E-state index is 11.3. The van der Waals surface area contributed by atoms with Crippen LogP contribution in [0.4, 0.5) is 0 Å². The molecule has 0 aliphatic heterocycles. The van der Waals surface area contributed by atoms with Gasteiger partial charge in [0.15, 0.2) is 23.2 Å². The van der Waals surface area contributed by atoms with Gasteiger partial charge in [-0.05, 0) is 45.2 Å². The molecule has 7 heteroatoms. The molecular formula is C13H26O5Si2. The third-order valence-corrected chi connectivity index (χ3v) is 8.49. The predicted molar refractivity (Wildman–Crippen MR) is 83.5 cm³/mol. The average Bonchev–Trinajstić information content (AvgIpc) is 2.28. The van der Waals surface area contributed by atoms with Crippen LogP contribution in [0, 0.1) is 0 Å². The summed E-state index contributed by atoms with van der Waals surface area (Å²) in [5.41, 5.74) is 0. The van der Waals surface area contributed by atoms with Gasteiger partial charge in [0, 0.05) is 6.08 Å². The van der Waals surface area contributed by atoms with Crippen LogP contribution in [0.1, 0.15) is 6.42 Å². The summed E-state index contributed by atoms with van der Waals surface area (Å²) in [6.45, 7) is 14.1. The Hall–Kier alpha value is -0.926. The van der Waals surface area contributed by atoms with Crippen LogP contribution in [-0.4, -0.2) is 41.8 Å². The van der Waals surface area contributed by atoms with Crippen LogP contribution in [0.3, 0.4) is 0 Å². The van der Waals surface area contributed by atoms with Crippen LogP contribution in [0.5, 0.6) is 0 Å². The third-order valence-electron chi connectivity index (χ3n) is 2.27. The minimum atomic E-state index is -1.68. The summed E-state index contributed by atoms with van der Waals surface area (Å²) in [5.74, 6) is -1.16. The van der Waals surface area contributed by atoms with E-state index < -0.39 is 28.6 Å². The zero-order valence-electron chi connectivity index (χ0n) is 13.2. The van der Waals surface area contributed by atoms with E-state index in [0.717, 1.165) is 18.5 Å². The second kappa shape index (κ2) is 8.38. The molecule has 0 atom stereocenters. The van der Waals surface area contributed by atoms with E-state index in [1.807, 2.05) is 0 Å². The van der Waals surface area contributed by atoms with E-state index in [9.17, 15) is 9.59 Å². The molecule has 0 aromatic rings. The largest absolute Gasteiger partial charge is 0.463 e. The smallest absolute Gasteiger partial charge is 0.344 e. The standard InChI is InChI=1S/C13H26O5Si2/c1-7-12(14)17-11-13(15)16-9-8-10-20(5,6)18-19(2,3)4/h7H,1,8-11H2,2-6H3. The van der Waals surface area contributed by atoms with Crippen molar-refractivity contribution in [2.75, 3.05) is 13.2 Å². The minimum absolute atomic E-state index is 0.329. The Bertz CT molecular complexity index is 347. The highest BCUT2D eigenvalue weighted by atomic mass is 28.4. The molecule has 0 heterocycles. The average molecular weight is 319 g/mol. The molecule has 0 aliphatic carbocycles. The number of esters is 2. The van der Waals surface area contributed by atoms with E-state index in [1.165, 1.54) is 0 Å². The SMILES string of the molecule is C=CC(=O)OCC(=O)OCCC[Si](C)(C)O[Si](C)(C)C. The van der Waals surface area contributed by atoms with Crippen molar-refractivity contribution < 1.29 is 23.2 Å². The molecule has 0 N–H and O–H groups in total. The van der Waals surface area contributed by atoms with Crippen molar-refractivity contribution in [3.8, 4) is 0 Å². The Morgan fingerprint density at radius 1 is 1.10 bits per heavy atom. The van der Waals surface area contributed by atoms with Crippen LogP contribution < -0.4 is 0 Å². The molecule has 0 unspecified atom stereocenters. The van der Waals surface area contributed by atoms with Crippen LogP contribution >= 0.6 is 0 Å². The van der Waals surface area contributed by atoms with E-state index in [4.69, 9.17) is 8.85 Å². The maximum Gasteiger partial charge on any atom is 0.344 e. The number of hydrogen-bond acceptors (Lipinski definition) is 5. The first-order chi connectivity index (χ1) is 9.06. The summed E-state index contributed by atoms with van der Waals surface area (Å²) in [7, 11) is -3.20. The molecule has 0 radical (unpaired) electrons. The fourth-order valence-electron chi connectivity index (χ4n) is 1.79. The monoisotopic (exact) mass is 318 g/mol. The maximum atomic E-state index is 11.3.